The molecule has 136 valence electrons. The quantitative estimate of drug-likeness (QED) is 0.681. The third-order valence-corrected chi connectivity index (χ3v) is 6.24. The number of amides is 1. The van der Waals surface area contributed by atoms with Crippen molar-refractivity contribution >= 4 is 34.7 Å². The van der Waals surface area contributed by atoms with Crippen molar-refractivity contribution in [2.45, 2.75) is 30.4 Å². The summed E-state index contributed by atoms with van der Waals surface area (Å²) in [4.78, 5) is 29.8. The summed E-state index contributed by atoms with van der Waals surface area (Å²) < 4.78 is 4.14. The molecule has 0 bridgehead atoms. The molecule has 8 heteroatoms. The predicted molar refractivity (Wildman–Crippen MR) is 107 cm³/mol. The fraction of sp³-hybridized carbons (Fsp3) is 0.278. The maximum absolute atomic E-state index is 12.8. The van der Waals surface area contributed by atoms with Gasteiger partial charge in [0.1, 0.15) is 5.69 Å². The lowest BCUT2D eigenvalue weighted by Crippen LogP contribution is -2.27. The normalized spacial score (nSPS) is 12.2. The first kappa shape index (κ1) is 18.5. The molecule has 3 rings (SSSR count). The predicted octanol–water partition coefficient (Wildman–Crippen LogP) is 3.37. The second kappa shape index (κ2) is 7.51. The van der Waals surface area contributed by atoms with Crippen LogP contribution in [0.2, 0.25) is 0 Å². The lowest BCUT2D eigenvalue weighted by molar-refractivity contribution is -0.115. The number of hydrogen-bond donors (Lipinski definition) is 1. The Balaban J connectivity index is 1.84. The Bertz CT molecular complexity index is 989. The molecule has 0 spiro atoms. The maximum Gasteiger partial charge on any atom is 0.295 e. The summed E-state index contributed by atoms with van der Waals surface area (Å²) in [7, 11) is 1.80. The average Bonchev–Trinajstić information content (AvgIpc) is 3.12. The van der Waals surface area contributed by atoms with Gasteiger partial charge in [-0.3, -0.25) is 14.3 Å². The molecule has 0 aliphatic rings. The van der Waals surface area contributed by atoms with Gasteiger partial charge in [0.2, 0.25) is 5.91 Å². The van der Waals surface area contributed by atoms with E-state index in [2.05, 4.69) is 10.3 Å². The van der Waals surface area contributed by atoms with Gasteiger partial charge >= 0.3 is 0 Å². The number of nitrogens with one attached hydrogen (secondary N) is 1. The van der Waals surface area contributed by atoms with Gasteiger partial charge in [0.05, 0.1) is 16.6 Å². The lowest BCUT2D eigenvalue weighted by atomic mass is 10.3. The number of aryl methyl sites for hydroxylation is 1. The van der Waals surface area contributed by atoms with Crippen LogP contribution in [0.4, 0.5) is 5.69 Å². The Hall–Kier alpha value is -2.32. The molecule has 1 N–H and O–H groups in total. The number of carbonyl (C=O) groups excluding carboxylic acids is 1. The van der Waals surface area contributed by atoms with Crippen LogP contribution in [0, 0.1) is 13.8 Å². The number of carbonyl (C=O) groups is 1. The number of hydrogen-bond acceptors (Lipinski definition) is 5. The highest BCUT2D eigenvalue weighted by molar-refractivity contribution is 8.02. The van der Waals surface area contributed by atoms with Crippen molar-refractivity contribution in [3.8, 4) is 5.69 Å². The van der Waals surface area contributed by atoms with Gasteiger partial charge in [-0.05, 0) is 32.9 Å². The van der Waals surface area contributed by atoms with Crippen LogP contribution in [0.15, 0.2) is 44.8 Å². The molecule has 0 fully saturated rings. The highest BCUT2D eigenvalue weighted by Crippen LogP contribution is 2.27. The van der Waals surface area contributed by atoms with Gasteiger partial charge in [-0.1, -0.05) is 30.0 Å². The molecule has 0 radical (unpaired) electrons. The molecule has 0 aliphatic heterocycles. The standard InChI is InChI=1S/C18H20N4O2S2/c1-11-10-25-18(19-11)26-13(3)16(23)20-15-12(2)21(4)22(17(15)24)14-8-6-5-7-9-14/h5-10,13H,1-4H3,(H,20,23)/t13-/m0/s1. The number of aromatic nitrogens is 3. The number of para-hydroxylation sites is 1. The number of nitrogens with zero attached hydrogens (tertiary/aromatic N) is 3. The zero-order valence-electron chi connectivity index (χ0n) is 15.0. The molecule has 3 aromatic rings. The van der Waals surface area contributed by atoms with Crippen molar-refractivity contribution in [1.82, 2.24) is 14.3 Å². The Morgan fingerprint density at radius 3 is 2.58 bits per heavy atom. The first-order chi connectivity index (χ1) is 12.4. The van der Waals surface area contributed by atoms with Crippen molar-refractivity contribution in [2.24, 2.45) is 7.05 Å². The van der Waals surface area contributed by atoms with E-state index in [1.54, 1.807) is 16.4 Å². The summed E-state index contributed by atoms with van der Waals surface area (Å²) >= 11 is 2.90. The maximum atomic E-state index is 12.8. The van der Waals surface area contributed by atoms with E-state index in [0.717, 1.165) is 15.7 Å². The molecular formula is C18H20N4O2S2. The highest BCUT2D eigenvalue weighted by atomic mass is 32.2. The fourth-order valence-electron chi connectivity index (χ4n) is 2.53. The summed E-state index contributed by atoms with van der Waals surface area (Å²) in [5.74, 6) is -0.214. The van der Waals surface area contributed by atoms with Gasteiger partial charge in [-0.2, -0.15) is 0 Å². The minimum atomic E-state index is -0.357. The number of rotatable bonds is 5. The van der Waals surface area contributed by atoms with Crippen molar-refractivity contribution in [1.29, 1.82) is 0 Å². The Labute approximate surface area is 159 Å². The zero-order valence-corrected chi connectivity index (χ0v) is 16.6. The van der Waals surface area contributed by atoms with Crippen LogP contribution in [0.3, 0.4) is 0 Å². The van der Waals surface area contributed by atoms with Gasteiger partial charge in [-0.25, -0.2) is 9.67 Å². The number of thioether (sulfide) groups is 1. The summed E-state index contributed by atoms with van der Waals surface area (Å²) in [6.45, 7) is 5.55. The molecule has 1 amide bonds. The molecule has 1 atom stereocenters. The second-order valence-corrected chi connectivity index (χ2v) is 8.39. The van der Waals surface area contributed by atoms with E-state index in [-0.39, 0.29) is 16.7 Å². The van der Waals surface area contributed by atoms with E-state index in [1.807, 2.05) is 56.5 Å². The van der Waals surface area contributed by atoms with Crippen LogP contribution < -0.4 is 10.9 Å². The van der Waals surface area contributed by atoms with Crippen LogP contribution >= 0.6 is 23.1 Å². The molecule has 26 heavy (non-hydrogen) atoms. The van der Waals surface area contributed by atoms with Gasteiger partial charge in [0.25, 0.3) is 5.56 Å². The average molecular weight is 389 g/mol. The van der Waals surface area contributed by atoms with Gasteiger partial charge in [0, 0.05) is 18.1 Å². The monoisotopic (exact) mass is 388 g/mol. The topological polar surface area (TPSA) is 68.9 Å². The molecule has 0 saturated carbocycles. The van der Waals surface area contributed by atoms with Crippen LogP contribution in [-0.2, 0) is 11.8 Å². The van der Waals surface area contributed by atoms with Gasteiger partial charge < -0.3 is 5.32 Å². The van der Waals surface area contributed by atoms with Crippen LogP contribution in [0.25, 0.3) is 5.69 Å². The van der Waals surface area contributed by atoms with E-state index in [9.17, 15) is 9.59 Å². The molecular weight excluding hydrogens is 368 g/mol. The van der Waals surface area contributed by atoms with E-state index >= 15 is 0 Å². The Morgan fingerprint density at radius 2 is 1.96 bits per heavy atom. The van der Waals surface area contributed by atoms with E-state index in [4.69, 9.17) is 0 Å². The highest BCUT2D eigenvalue weighted by Gasteiger charge is 2.22. The second-order valence-electron chi connectivity index (χ2n) is 5.94. The van der Waals surface area contributed by atoms with Crippen molar-refractivity contribution in [3.05, 3.63) is 57.5 Å². The third-order valence-electron chi connectivity index (χ3n) is 4.05. The number of anilines is 1. The number of thiazole rings is 1. The van der Waals surface area contributed by atoms with Crippen molar-refractivity contribution in [3.63, 3.8) is 0 Å². The summed E-state index contributed by atoms with van der Waals surface area (Å²) in [6, 6.07) is 9.35. The third kappa shape index (κ3) is 3.61. The molecule has 0 unspecified atom stereocenters. The van der Waals surface area contributed by atoms with Crippen LogP contribution in [0.5, 0.6) is 0 Å². The molecule has 0 saturated heterocycles. The van der Waals surface area contributed by atoms with E-state index in [0.29, 0.717) is 11.4 Å². The van der Waals surface area contributed by atoms with Gasteiger partial charge in [-0.15, -0.1) is 11.3 Å². The summed E-state index contributed by atoms with van der Waals surface area (Å²) in [5.41, 5.74) is 2.46. The Kier molecular flexibility index (Phi) is 5.33. The van der Waals surface area contributed by atoms with E-state index < -0.39 is 0 Å². The summed E-state index contributed by atoms with van der Waals surface area (Å²) in [5, 5.41) is 4.39. The van der Waals surface area contributed by atoms with Gasteiger partial charge in [0.15, 0.2) is 4.34 Å². The minimum absolute atomic E-state index is 0.214. The Morgan fingerprint density at radius 1 is 1.27 bits per heavy atom. The van der Waals surface area contributed by atoms with Crippen molar-refractivity contribution < 1.29 is 4.79 Å². The SMILES string of the molecule is Cc1csc(S[C@@H](C)C(=O)Nc2c(C)n(C)n(-c3ccccc3)c2=O)n1. The lowest BCUT2D eigenvalue weighted by Gasteiger charge is -2.09. The molecule has 0 aliphatic carbocycles. The van der Waals surface area contributed by atoms with Crippen LogP contribution in [-0.4, -0.2) is 25.5 Å². The molecule has 1 aromatic carbocycles. The molecule has 6 nitrogen and oxygen atoms in total. The molecule has 2 aromatic heterocycles. The van der Waals surface area contributed by atoms with Crippen molar-refractivity contribution in [2.75, 3.05) is 5.32 Å². The largest absolute Gasteiger partial charge is 0.319 e. The number of benzene rings is 1. The minimum Gasteiger partial charge on any atom is -0.319 e. The smallest absolute Gasteiger partial charge is 0.295 e. The van der Waals surface area contributed by atoms with E-state index in [1.165, 1.54) is 23.1 Å². The van der Waals surface area contributed by atoms with Crippen LogP contribution in [0.1, 0.15) is 18.3 Å². The first-order valence-corrected chi connectivity index (χ1v) is 9.88. The molecule has 2 heterocycles. The zero-order chi connectivity index (χ0) is 18.8. The first-order valence-electron chi connectivity index (χ1n) is 8.12. The fourth-order valence-corrected chi connectivity index (χ4v) is 4.51. The summed E-state index contributed by atoms with van der Waals surface area (Å²) in [6.07, 6.45) is 0.